The normalized spacial score (nSPS) is 29.9. The molecule has 2 saturated carbocycles. The molecular formula is C20H33N3O. The van der Waals surface area contributed by atoms with E-state index in [1.165, 1.54) is 76.4 Å². The molecule has 1 aliphatic heterocycles. The van der Waals surface area contributed by atoms with Crippen LogP contribution in [-0.2, 0) is 6.54 Å². The highest BCUT2D eigenvalue weighted by molar-refractivity contribution is 5.02. The first-order valence-corrected chi connectivity index (χ1v) is 10.1. The first-order valence-electron chi connectivity index (χ1n) is 10.1. The van der Waals surface area contributed by atoms with E-state index < -0.39 is 0 Å². The van der Waals surface area contributed by atoms with E-state index in [4.69, 9.17) is 0 Å². The Morgan fingerprint density at radius 2 is 1.96 bits per heavy atom. The molecule has 1 aromatic rings. The highest BCUT2D eigenvalue weighted by Gasteiger charge is 2.39. The summed E-state index contributed by atoms with van der Waals surface area (Å²) < 4.78 is 2.45. The molecule has 0 unspecified atom stereocenters. The lowest BCUT2D eigenvalue weighted by Gasteiger charge is -2.42. The predicted octanol–water partition coefficient (Wildman–Crippen LogP) is 3.76. The van der Waals surface area contributed by atoms with Gasteiger partial charge < -0.3 is 9.67 Å². The van der Waals surface area contributed by atoms with Crippen molar-refractivity contribution >= 4 is 0 Å². The molecule has 0 radical (unpaired) electrons. The van der Waals surface area contributed by atoms with Crippen molar-refractivity contribution in [3.05, 3.63) is 18.2 Å². The molecule has 1 saturated heterocycles. The Labute approximate surface area is 146 Å². The molecule has 0 aromatic carbocycles. The standard InChI is InChI=1S/C20H33N3O/c24-15-20(11-17-7-8-17)9-4-10-22(14-20)13-19-12-21-16-23(19)18-5-2-1-3-6-18/h12,16-18,24H,1-11,13-15H2/t20-/m1/s1. The summed E-state index contributed by atoms with van der Waals surface area (Å²) in [5, 5.41) is 10.1. The van der Waals surface area contributed by atoms with E-state index in [1.54, 1.807) is 0 Å². The smallest absolute Gasteiger partial charge is 0.0951 e. The molecule has 4 nitrogen and oxygen atoms in total. The molecule has 4 heteroatoms. The average molecular weight is 332 g/mol. The first kappa shape index (κ1) is 16.6. The van der Waals surface area contributed by atoms with Gasteiger partial charge in [0.2, 0.25) is 0 Å². The van der Waals surface area contributed by atoms with Crippen LogP contribution in [0.4, 0.5) is 0 Å². The number of rotatable bonds is 6. The zero-order chi connectivity index (χ0) is 16.4. The number of hydrogen-bond donors (Lipinski definition) is 1. The minimum absolute atomic E-state index is 0.162. The van der Waals surface area contributed by atoms with Gasteiger partial charge in [0.05, 0.1) is 12.0 Å². The lowest BCUT2D eigenvalue weighted by atomic mass is 9.76. The van der Waals surface area contributed by atoms with E-state index in [0.717, 1.165) is 19.0 Å². The third kappa shape index (κ3) is 3.70. The lowest BCUT2D eigenvalue weighted by molar-refractivity contribution is 0.0169. The Hall–Kier alpha value is -0.870. The van der Waals surface area contributed by atoms with Crippen LogP contribution in [0.15, 0.2) is 12.5 Å². The molecule has 1 atom stereocenters. The summed E-state index contributed by atoms with van der Waals surface area (Å²) in [5.41, 5.74) is 1.54. The fourth-order valence-corrected chi connectivity index (χ4v) is 5.11. The van der Waals surface area contributed by atoms with Crippen molar-refractivity contribution in [1.82, 2.24) is 14.5 Å². The van der Waals surface area contributed by atoms with E-state index in [1.807, 2.05) is 0 Å². The van der Waals surface area contributed by atoms with Crippen LogP contribution in [0.2, 0.25) is 0 Å². The van der Waals surface area contributed by atoms with Crippen LogP contribution in [0.1, 0.15) is 75.9 Å². The van der Waals surface area contributed by atoms with Gasteiger partial charge in [-0.2, -0.15) is 0 Å². The molecule has 1 N–H and O–H groups in total. The van der Waals surface area contributed by atoms with Crippen LogP contribution in [0, 0.1) is 11.3 Å². The zero-order valence-electron chi connectivity index (χ0n) is 15.0. The SMILES string of the molecule is OC[C@@]1(CC2CC2)CCCN(Cc2cncn2C2CCCCC2)C1. The average Bonchev–Trinajstić information content (AvgIpc) is 3.31. The second kappa shape index (κ2) is 7.17. The van der Waals surface area contributed by atoms with E-state index in [2.05, 4.69) is 27.0 Å². The number of imidazole rings is 1. The van der Waals surface area contributed by atoms with Gasteiger partial charge in [0.15, 0.2) is 0 Å². The molecule has 0 spiro atoms. The number of aromatic nitrogens is 2. The summed E-state index contributed by atoms with van der Waals surface area (Å²) in [5.74, 6) is 0.893. The topological polar surface area (TPSA) is 41.3 Å². The third-order valence-electron chi connectivity index (χ3n) is 6.59. The van der Waals surface area contributed by atoms with Crippen LogP contribution in [0.5, 0.6) is 0 Å². The third-order valence-corrected chi connectivity index (χ3v) is 6.59. The Morgan fingerprint density at radius 1 is 1.12 bits per heavy atom. The van der Waals surface area contributed by atoms with E-state index in [9.17, 15) is 5.11 Å². The van der Waals surface area contributed by atoms with Gasteiger partial charge in [-0.05, 0) is 44.6 Å². The van der Waals surface area contributed by atoms with Crippen LogP contribution in [0.25, 0.3) is 0 Å². The van der Waals surface area contributed by atoms with Crippen LogP contribution in [-0.4, -0.2) is 39.3 Å². The second-order valence-electron chi connectivity index (χ2n) is 8.70. The van der Waals surface area contributed by atoms with Gasteiger partial charge in [0.1, 0.15) is 0 Å². The first-order chi connectivity index (χ1) is 11.8. The number of nitrogens with zero attached hydrogens (tertiary/aromatic N) is 3. The van der Waals surface area contributed by atoms with E-state index in [-0.39, 0.29) is 5.41 Å². The number of piperidine rings is 1. The summed E-state index contributed by atoms with van der Waals surface area (Å²) in [6.07, 6.45) is 17.3. The quantitative estimate of drug-likeness (QED) is 0.863. The fraction of sp³-hybridized carbons (Fsp3) is 0.850. The molecule has 0 amide bonds. The van der Waals surface area contributed by atoms with Crippen molar-refractivity contribution in [2.45, 2.75) is 76.8 Å². The van der Waals surface area contributed by atoms with Gasteiger partial charge in [0.25, 0.3) is 0 Å². The minimum atomic E-state index is 0.162. The molecular weight excluding hydrogens is 298 g/mol. The monoisotopic (exact) mass is 331 g/mol. The Morgan fingerprint density at radius 3 is 2.71 bits per heavy atom. The maximum atomic E-state index is 10.1. The Balaban J connectivity index is 1.42. The molecule has 24 heavy (non-hydrogen) atoms. The summed E-state index contributed by atoms with van der Waals surface area (Å²) in [7, 11) is 0. The molecule has 2 heterocycles. The highest BCUT2D eigenvalue weighted by Crippen LogP contribution is 2.44. The summed E-state index contributed by atoms with van der Waals surface area (Å²) in [6.45, 7) is 3.60. The zero-order valence-corrected chi connectivity index (χ0v) is 15.0. The maximum Gasteiger partial charge on any atom is 0.0951 e. The molecule has 3 aliphatic rings. The lowest BCUT2D eigenvalue weighted by Crippen LogP contribution is -2.45. The highest BCUT2D eigenvalue weighted by atomic mass is 16.3. The number of hydrogen-bond acceptors (Lipinski definition) is 3. The van der Waals surface area contributed by atoms with Crippen molar-refractivity contribution in [3.8, 4) is 0 Å². The second-order valence-corrected chi connectivity index (χ2v) is 8.70. The maximum absolute atomic E-state index is 10.1. The van der Waals surface area contributed by atoms with Gasteiger partial charge in [0, 0.05) is 37.4 Å². The molecule has 1 aromatic heterocycles. The summed E-state index contributed by atoms with van der Waals surface area (Å²) in [4.78, 5) is 7.05. The van der Waals surface area contributed by atoms with Crippen LogP contribution < -0.4 is 0 Å². The molecule has 134 valence electrons. The van der Waals surface area contributed by atoms with Crippen molar-refractivity contribution in [3.63, 3.8) is 0 Å². The molecule has 4 rings (SSSR count). The predicted molar refractivity (Wildman–Crippen MR) is 95.7 cm³/mol. The number of aliphatic hydroxyl groups excluding tert-OH is 1. The van der Waals surface area contributed by atoms with Gasteiger partial charge in [-0.25, -0.2) is 4.98 Å². The van der Waals surface area contributed by atoms with Gasteiger partial charge in [-0.3, -0.25) is 4.90 Å². The van der Waals surface area contributed by atoms with Crippen molar-refractivity contribution < 1.29 is 5.11 Å². The van der Waals surface area contributed by atoms with Gasteiger partial charge in [-0.1, -0.05) is 32.1 Å². The summed E-state index contributed by atoms with van der Waals surface area (Å²) in [6, 6.07) is 0.662. The summed E-state index contributed by atoms with van der Waals surface area (Å²) >= 11 is 0. The molecule has 2 aliphatic carbocycles. The van der Waals surface area contributed by atoms with Crippen molar-refractivity contribution in [1.29, 1.82) is 0 Å². The van der Waals surface area contributed by atoms with Crippen molar-refractivity contribution in [2.24, 2.45) is 11.3 Å². The van der Waals surface area contributed by atoms with Crippen molar-refractivity contribution in [2.75, 3.05) is 19.7 Å². The van der Waals surface area contributed by atoms with E-state index in [0.29, 0.717) is 12.6 Å². The molecule has 0 bridgehead atoms. The minimum Gasteiger partial charge on any atom is -0.396 e. The van der Waals surface area contributed by atoms with Gasteiger partial charge >= 0.3 is 0 Å². The van der Waals surface area contributed by atoms with Gasteiger partial charge in [-0.15, -0.1) is 0 Å². The van der Waals surface area contributed by atoms with Crippen LogP contribution in [0.3, 0.4) is 0 Å². The molecule has 3 fully saturated rings. The van der Waals surface area contributed by atoms with Crippen LogP contribution >= 0.6 is 0 Å². The Bertz CT molecular complexity index is 533. The number of likely N-dealkylation sites (tertiary alicyclic amines) is 1. The number of aliphatic hydroxyl groups is 1. The Kier molecular flexibility index (Phi) is 4.95. The van der Waals surface area contributed by atoms with E-state index >= 15 is 0 Å². The largest absolute Gasteiger partial charge is 0.396 e. The fourth-order valence-electron chi connectivity index (χ4n) is 5.11.